The van der Waals surface area contributed by atoms with Crippen LogP contribution in [0.5, 0.6) is 0 Å². The van der Waals surface area contributed by atoms with Gasteiger partial charge in [-0.05, 0) is 80.5 Å². The molecule has 16 nitrogen and oxygen atoms in total. The van der Waals surface area contributed by atoms with Crippen molar-refractivity contribution in [2.24, 2.45) is 17.1 Å². The molecule has 1 aromatic heterocycles. The van der Waals surface area contributed by atoms with Gasteiger partial charge in [-0.2, -0.15) is 0 Å². The molecule has 348 valence electrons. The molecule has 4 aliphatic rings. The third kappa shape index (κ3) is 11.4. The molecule has 1 saturated carbocycles. The number of fused-ring (bicyclic) bond motifs is 1. The van der Waals surface area contributed by atoms with Gasteiger partial charge in [-0.25, -0.2) is 9.97 Å². The number of nitrogens with one attached hydrogen (secondary N) is 4. The van der Waals surface area contributed by atoms with E-state index in [4.69, 9.17) is 23.1 Å². The van der Waals surface area contributed by atoms with E-state index in [0.29, 0.717) is 51.1 Å². The molecular formula is C47H61ClN10O6S. The Hall–Kier alpha value is -5.26. The number of aromatic nitrogens is 2. The van der Waals surface area contributed by atoms with Gasteiger partial charge in [0.25, 0.3) is 11.8 Å². The highest BCUT2D eigenvalue weighted by Gasteiger charge is 2.47. The van der Waals surface area contributed by atoms with Crippen molar-refractivity contribution in [3.8, 4) is 0 Å². The van der Waals surface area contributed by atoms with Gasteiger partial charge in [0.1, 0.15) is 16.9 Å². The molecule has 7 rings (SSSR count). The van der Waals surface area contributed by atoms with Gasteiger partial charge in [0.05, 0.1) is 28.0 Å². The number of rotatable bonds is 20. The molecule has 2 saturated heterocycles. The summed E-state index contributed by atoms with van der Waals surface area (Å²) in [5.74, 6) is -0.923. The largest absolute Gasteiger partial charge is 0.384 e. The molecule has 4 heterocycles. The van der Waals surface area contributed by atoms with Gasteiger partial charge in [0, 0.05) is 62.1 Å². The maximum Gasteiger partial charge on any atom is 0.264 e. The summed E-state index contributed by atoms with van der Waals surface area (Å²) in [6, 6.07) is 9.66. The molecule has 1 aliphatic carbocycles. The highest BCUT2D eigenvalue weighted by Crippen LogP contribution is 2.48. The molecule has 3 atom stereocenters. The molecule has 0 radical (unpaired) electrons. The Morgan fingerprint density at radius 1 is 0.877 bits per heavy atom. The molecule has 1 spiro atoms. The summed E-state index contributed by atoms with van der Waals surface area (Å²) in [6.07, 6.45) is 14.5. The summed E-state index contributed by atoms with van der Waals surface area (Å²) in [6.45, 7) is 5.19. The lowest BCUT2D eigenvalue weighted by Gasteiger charge is -2.43. The predicted octanol–water partition coefficient (Wildman–Crippen LogP) is 6.68. The number of piperidine rings is 2. The van der Waals surface area contributed by atoms with Crippen LogP contribution in [0, 0.1) is 11.3 Å². The lowest BCUT2D eigenvalue weighted by atomic mass is 9.73. The second kappa shape index (κ2) is 21.8. The Morgan fingerprint density at radius 2 is 1.55 bits per heavy atom. The third-order valence-electron chi connectivity index (χ3n) is 13.5. The number of nitrogens with zero attached hydrogens (tertiary/aromatic N) is 4. The molecule has 3 aromatic rings. The highest BCUT2D eigenvalue weighted by atomic mass is 35.5. The second-order valence-corrected chi connectivity index (χ2v) is 19.3. The monoisotopic (exact) mass is 928 g/mol. The first kappa shape index (κ1) is 47.7. The van der Waals surface area contributed by atoms with E-state index in [1.165, 1.54) is 24.6 Å². The van der Waals surface area contributed by atoms with Crippen LogP contribution in [-0.4, -0.2) is 88.6 Å². The van der Waals surface area contributed by atoms with E-state index in [9.17, 15) is 28.8 Å². The molecule has 2 aromatic carbocycles. The Kier molecular flexibility index (Phi) is 16.0. The third-order valence-corrected chi connectivity index (χ3v) is 15.1. The van der Waals surface area contributed by atoms with Crippen LogP contribution in [0.4, 0.5) is 23.0 Å². The summed E-state index contributed by atoms with van der Waals surface area (Å²) >= 11 is 8.01. The molecule has 0 bridgehead atoms. The number of unbranched alkanes of at least 4 members (excludes halogenated alkanes) is 7. The first-order valence-corrected chi connectivity index (χ1v) is 24.3. The molecule has 65 heavy (non-hydrogen) atoms. The molecule has 3 aliphatic heterocycles. The van der Waals surface area contributed by atoms with Crippen LogP contribution < -0.4 is 37.6 Å². The molecule has 8 N–H and O–H groups in total. The molecule has 6 amide bonds. The van der Waals surface area contributed by atoms with Crippen molar-refractivity contribution < 1.29 is 28.8 Å². The summed E-state index contributed by atoms with van der Waals surface area (Å²) in [5, 5.41) is 12.2. The lowest BCUT2D eigenvalue weighted by Crippen LogP contribution is -2.54. The Morgan fingerprint density at radius 3 is 2.25 bits per heavy atom. The van der Waals surface area contributed by atoms with E-state index in [1.54, 1.807) is 36.5 Å². The Bertz CT molecular complexity index is 2270. The van der Waals surface area contributed by atoms with Crippen molar-refractivity contribution in [2.75, 3.05) is 47.4 Å². The number of nitrogens with two attached hydrogens (primary N) is 2. The van der Waals surface area contributed by atoms with Gasteiger partial charge in [-0.3, -0.25) is 39.0 Å². The molecule has 3 fully saturated rings. The van der Waals surface area contributed by atoms with Gasteiger partial charge in [-0.15, -0.1) is 0 Å². The van der Waals surface area contributed by atoms with Gasteiger partial charge >= 0.3 is 0 Å². The average Bonchev–Trinajstić information content (AvgIpc) is 3.71. The number of benzene rings is 2. The smallest absolute Gasteiger partial charge is 0.264 e. The van der Waals surface area contributed by atoms with Crippen LogP contribution in [0.2, 0.25) is 5.02 Å². The van der Waals surface area contributed by atoms with Gasteiger partial charge < -0.3 is 32.3 Å². The number of anilines is 4. The number of carbonyl (C=O) groups is 6. The highest BCUT2D eigenvalue weighted by molar-refractivity contribution is 7.99. The van der Waals surface area contributed by atoms with E-state index in [0.717, 1.165) is 88.0 Å². The number of hydrogen-bond donors (Lipinski definition) is 6. The molecule has 3 unspecified atom stereocenters. The minimum Gasteiger partial charge on any atom is -0.384 e. The minimum absolute atomic E-state index is 0.0199. The normalized spacial score (nSPS) is 20.3. The number of halogens is 1. The Balaban J connectivity index is 0.725. The van der Waals surface area contributed by atoms with Crippen LogP contribution >= 0.6 is 23.4 Å². The fourth-order valence-corrected chi connectivity index (χ4v) is 10.7. The van der Waals surface area contributed by atoms with Crippen LogP contribution in [0.3, 0.4) is 0 Å². The number of hydrogen-bond acceptors (Lipinski definition) is 13. The maximum atomic E-state index is 13.3. The van der Waals surface area contributed by atoms with Gasteiger partial charge in [0.2, 0.25) is 23.6 Å². The quantitative estimate of drug-likeness (QED) is 0.0514. The maximum absolute atomic E-state index is 13.3. The van der Waals surface area contributed by atoms with Crippen molar-refractivity contribution in [2.45, 2.75) is 132 Å². The van der Waals surface area contributed by atoms with E-state index >= 15 is 0 Å². The lowest BCUT2D eigenvalue weighted by molar-refractivity contribution is -0.136. The zero-order valence-electron chi connectivity index (χ0n) is 37.1. The van der Waals surface area contributed by atoms with Crippen LogP contribution in [-0.2, 0) is 19.2 Å². The van der Waals surface area contributed by atoms with Crippen molar-refractivity contribution in [1.82, 2.24) is 25.5 Å². The summed E-state index contributed by atoms with van der Waals surface area (Å²) in [5.41, 5.74) is 14.8. The van der Waals surface area contributed by atoms with Crippen molar-refractivity contribution >= 4 is 81.8 Å². The fraction of sp³-hybridized carbons (Fsp3) is 0.532. The van der Waals surface area contributed by atoms with E-state index in [2.05, 4.69) is 43.1 Å². The Labute approximate surface area is 389 Å². The standard InChI is InChI=1S/C47H61ClN10O6S/c1-29-20-21-47(41(29)49)22-26-57(27-23-47)35-28-53-44(42(50)55-35)65-34-15-11-14-32(40(34)48)54-37(60)19-18-36(59)52-25-9-7-5-3-2-4-6-8-24-51-31-13-10-12-30-39(31)46(64)58(45(30)63)33-16-17-38(61)56-43(33)62/h10-15,28-29,33,41,51H,2-9,16-27,49H2,1H3,(H2,50,55)(H,52,59)(H,54,60)(H,56,61,62). The number of imide groups is 2. The molecule has 18 heteroatoms. The second-order valence-electron chi connectivity index (χ2n) is 17.9. The van der Waals surface area contributed by atoms with Crippen molar-refractivity contribution in [1.29, 1.82) is 0 Å². The van der Waals surface area contributed by atoms with Crippen LogP contribution in [0.15, 0.2) is 52.5 Å². The summed E-state index contributed by atoms with van der Waals surface area (Å²) < 4.78 is 0. The number of carbonyl (C=O) groups excluding carboxylic acids is 6. The summed E-state index contributed by atoms with van der Waals surface area (Å²) in [4.78, 5) is 88.8. The first-order valence-electron chi connectivity index (χ1n) is 23.1. The molecular weight excluding hydrogens is 868 g/mol. The van der Waals surface area contributed by atoms with E-state index in [1.807, 2.05) is 6.07 Å². The van der Waals surface area contributed by atoms with Gasteiger partial charge in [0.15, 0.2) is 5.82 Å². The zero-order chi connectivity index (χ0) is 46.1. The topological polar surface area (TPSA) is 235 Å². The van der Waals surface area contributed by atoms with Crippen LogP contribution in [0.25, 0.3) is 0 Å². The number of amides is 6. The zero-order valence-corrected chi connectivity index (χ0v) is 38.7. The first-order chi connectivity index (χ1) is 31.3. The fourth-order valence-electron chi connectivity index (χ4n) is 9.59. The summed E-state index contributed by atoms with van der Waals surface area (Å²) in [7, 11) is 0. The SMILES string of the molecule is CC1CCC2(CCN(c3cnc(Sc4cccc(NC(=O)CCC(=O)NCCCCCCCCCCNc5cccc6c5C(=O)N(C5CCC(=O)NC5=O)C6=O)c4Cl)c(N)n3)CC2)C1N. The van der Waals surface area contributed by atoms with Gasteiger partial charge in [-0.1, -0.05) is 80.9 Å². The minimum atomic E-state index is -0.993. The average molecular weight is 930 g/mol. The van der Waals surface area contributed by atoms with Crippen molar-refractivity contribution in [3.63, 3.8) is 0 Å². The van der Waals surface area contributed by atoms with Crippen LogP contribution in [0.1, 0.15) is 130 Å². The number of nitrogen functional groups attached to an aromatic ring is 1. The van der Waals surface area contributed by atoms with E-state index < -0.39 is 29.7 Å². The predicted molar refractivity (Wildman–Crippen MR) is 252 cm³/mol. The van der Waals surface area contributed by atoms with Crippen molar-refractivity contribution in [3.05, 3.63) is 58.7 Å². The van der Waals surface area contributed by atoms with E-state index in [-0.39, 0.29) is 60.1 Å².